The summed E-state index contributed by atoms with van der Waals surface area (Å²) >= 11 is 0. The molecule has 0 aliphatic heterocycles. The standard InChI is InChI=1S/C29H44N2O4/c1-9-24(21(6)20(5)22(7)30-10-2)27(33)16-25-18(3)11-12-23(15-19(25)4)35-29-26(17-32)28(34-8)13-14-31-29/h9-10,13-14,18-19,22-23,25,32H,11-12,15-17H2,1-8H3/b21-20?,24-9+,30-10?. The Balaban J connectivity index is 2.17. The third-order valence-electron chi connectivity index (χ3n) is 7.68. The van der Waals surface area contributed by atoms with Crippen molar-refractivity contribution in [2.75, 3.05) is 7.11 Å². The molecule has 0 saturated heterocycles. The van der Waals surface area contributed by atoms with Crippen LogP contribution in [0.1, 0.15) is 79.7 Å². The van der Waals surface area contributed by atoms with Crippen molar-refractivity contribution in [2.45, 2.75) is 92.9 Å². The lowest BCUT2D eigenvalue weighted by atomic mass is 9.77. The maximum Gasteiger partial charge on any atom is 0.222 e. The van der Waals surface area contributed by atoms with E-state index in [1.54, 1.807) is 19.4 Å². The lowest BCUT2D eigenvalue weighted by Crippen LogP contribution is -2.25. The van der Waals surface area contributed by atoms with E-state index in [2.05, 4.69) is 37.7 Å². The Kier molecular flexibility index (Phi) is 11.2. The van der Waals surface area contributed by atoms with Crippen molar-refractivity contribution in [3.8, 4) is 11.6 Å². The molecule has 0 bridgehead atoms. The largest absolute Gasteiger partial charge is 0.496 e. The van der Waals surface area contributed by atoms with Crippen LogP contribution in [-0.2, 0) is 11.4 Å². The maximum atomic E-state index is 13.5. The molecule has 5 unspecified atom stereocenters. The molecule has 1 fully saturated rings. The van der Waals surface area contributed by atoms with Crippen molar-refractivity contribution in [2.24, 2.45) is 22.7 Å². The molecule has 1 saturated carbocycles. The van der Waals surface area contributed by atoms with E-state index in [-0.39, 0.29) is 30.5 Å². The minimum atomic E-state index is -0.192. The summed E-state index contributed by atoms with van der Waals surface area (Å²) in [5, 5.41) is 9.82. The van der Waals surface area contributed by atoms with Gasteiger partial charge in [0.1, 0.15) is 11.9 Å². The molecular weight excluding hydrogens is 440 g/mol. The molecule has 1 aliphatic carbocycles. The molecule has 6 nitrogen and oxygen atoms in total. The number of aromatic nitrogens is 1. The third-order valence-corrected chi connectivity index (χ3v) is 7.68. The number of ketones is 1. The first-order chi connectivity index (χ1) is 16.7. The van der Waals surface area contributed by atoms with Crippen LogP contribution in [0, 0.1) is 17.8 Å². The quantitative estimate of drug-likeness (QED) is 0.187. The van der Waals surface area contributed by atoms with Crippen LogP contribution in [-0.4, -0.2) is 41.3 Å². The summed E-state index contributed by atoms with van der Waals surface area (Å²) in [4.78, 5) is 22.3. The number of aliphatic hydroxyl groups excluding tert-OH is 1. The zero-order chi connectivity index (χ0) is 26.1. The summed E-state index contributed by atoms with van der Waals surface area (Å²) in [7, 11) is 1.57. The van der Waals surface area contributed by atoms with E-state index >= 15 is 0 Å². The molecule has 194 valence electrons. The number of hydrogen-bond acceptors (Lipinski definition) is 6. The highest BCUT2D eigenvalue weighted by Gasteiger charge is 2.34. The van der Waals surface area contributed by atoms with Gasteiger partial charge >= 0.3 is 0 Å². The molecule has 1 aromatic heterocycles. The number of carbonyl (C=O) groups is 1. The maximum absolute atomic E-state index is 13.5. The van der Waals surface area contributed by atoms with E-state index in [4.69, 9.17) is 9.47 Å². The van der Waals surface area contributed by atoms with Crippen LogP contribution < -0.4 is 9.47 Å². The third kappa shape index (κ3) is 7.26. The van der Waals surface area contributed by atoms with Crippen molar-refractivity contribution in [1.29, 1.82) is 0 Å². The van der Waals surface area contributed by atoms with Gasteiger partial charge in [0.15, 0.2) is 5.78 Å². The van der Waals surface area contributed by atoms with Crippen LogP contribution in [0.3, 0.4) is 0 Å². The Bertz CT molecular complexity index is 950. The van der Waals surface area contributed by atoms with Gasteiger partial charge in [-0.2, -0.15) is 0 Å². The van der Waals surface area contributed by atoms with Crippen LogP contribution in [0.15, 0.2) is 40.1 Å². The van der Waals surface area contributed by atoms with Gasteiger partial charge in [0, 0.05) is 18.2 Å². The Hall–Kier alpha value is -2.47. The Morgan fingerprint density at radius 2 is 1.97 bits per heavy atom. The second-order valence-electron chi connectivity index (χ2n) is 9.85. The van der Waals surface area contributed by atoms with Crippen LogP contribution in [0.4, 0.5) is 0 Å². The molecule has 0 spiro atoms. The van der Waals surface area contributed by atoms with E-state index < -0.39 is 0 Å². The average Bonchev–Trinajstić information content (AvgIpc) is 2.97. The summed E-state index contributed by atoms with van der Waals surface area (Å²) in [6, 6.07) is 1.79. The number of hydrogen-bond donors (Lipinski definition) is 1. The van der Waals surface area contributed by atoms with Gasteiger partial charge in [0.2, 0.25) is 5.88 Å². The SMILES string of the molecule is CC=NC(C)C(C)=C(C)/C(=C\C)C(=O)CC1C(C)CCC(Oc2nccc(OC)c2CO)CC1C. The first kappa shape index (κ1) is 28.8. The van der Waals surface area contributed by atoms with Gasteiger partial charge in [-0.1, -0.05) is 19.9 Å². The number of Topliss-reactive ketones (excluding diaryl/α,β-unsaturated/α-hetero) is 1. The number of ether oxygens (including phenoxy) is 2. The van der Waals surface area contributed by atoms with Crippen LogP contribution in [0.5, 0.6) is 11.6 Å². The summed E-state index contributed by atoms with van der Waals surface area (Å²) in [5.41, 5.74) is 3.55. The first-order valence-electron chi connectivity index (χ1n) is 12.8. The fourth-order valence-corrected chi connectivity index (χ4v) is 5.27. The van der Waals surface area contributed by atoms with Crippen LogP contribution >= 0.6 is 0 Å². The predicted octanol–water partition coefficient (Wildman–Crippen LogP) is 6.12. The van der Waals surface area contributed by atoms with E-state index in [1.807, 2.05) is 33.1 Å². The average molecular weight is 485 g/mol. The number of methoxy groups -OCH3 is 1. The highest BCUT2D eigenvalue weighted by molar-refractivity contribution is 5.99. The second kappa shape index (κ2) is 13.6. The summed E-state index contributed by atoms with van der Waals surface area (Å²) in [6.07, 6.45) is 8.63. The van der Waals surface area contributed by atoms with E-state index in [0.717, 1.165) is 36.0 Å². The Morgan fingerprint density at radius 1 is 1.26 bits per heavy atom. The molecule has 1 N–H and O–H groups in total. The highest BCUT2D eigenvalue weighted by atomic mass is 16.5. The number of aliphatic hydroxyl groups is 1. The van der Waals surface area contributed by atoms with Gasteiger partial charge in [0.05, 0.1) is 25.3 Å². The van der Waals surface area contributed by atoms with Crippen molar-refractivity contribution >= 4 is 12.0 Å². The lowest BCUT2D eigenvalue weighted by Gasteiger charge is -2.28. The lowest BCUT2D eigenvalue weighted by molar-refractivity contribution is -0.117. The van der Waals surface area contributed by atoms with Gasteiger partial charge in [-0.25, -0.2) is 4.98 Å². The normalized spacial score (nSPS) is 25.1. The monoisotopic (exact) mass is 484 g/mol. The zero-order valence-corrected chi connectivity index (χ0v) is 22.8. The first-order valence-corrected chi connectivity index (χ1v) is 12.8. The van der Waals surface area contributed by atoms with E-state index in [0.29, 0.717) is 35.4 Å². The zero-order valence-electron chi connectivity index (χ0n) is 22.8. The number of rotatable bonds is 10. The predicted molar refractivity (Wildman–Crippen MR) is 142 cm³/mol. The summed E-state index contributed by atoms with van der Waals surface area (Å²) < 4.78 is 11.6. The number of carbonyl (C=O) groups excluding carboxylic acids is 1. The van der Waals surface area contributed by atoms with Gasteiger partial charge in [-0.05, 0) is 95.1 Å². The molecular formula is C29H44N2O4. The van der Waals surface area contributed by atoms with Crippen molar-refractivity contribution in [1.82, 2.24) is 4.98 Å². The van der Waals surface area contributed by atoms with E-state index in [1.165, 1.54) is 0 Å². The molecule has 35 heavy (non-hydrogen) atoms. The molecule has 0 radical (unpaired) electrons. The molecule has 2 rings (SSSR count). The Labute approximate surface area is 211 Å². The van der Waals surface area contributed by atoms with E-state index in [9.17, 15) is 9.90 Å². The Morgan fingerprint density at radius 3 is 2.57 bits per heavy atom. The fourth-order valence-electron chi connectivity index (χ4n) is 5.27. The molecule has 5 atom stereocenters. The van der Waals surface area contributed by atoms with Crippen LogP contribution in [0.25, 0.3) is 0 Å². The highest BCUT2D eigenvalue weighted by Crippen LogP contribution is 2.38. The van der Waals surface area contributed by atoms with Gasteiger partial charge < -0.3 is 14.6 Å². The molecule has 0 aromatic carbocycles. The second-order valence-corrected chi connectivity index (χ2v) is 9.85. The fraction of sp³-hybridized carbons (Fsp3) is 0.621. The molecule has 1 aromatic rings. The van der Waals surface area contributed by atoms with Gasteiger partial charge in [-0.15, -0.1) is 0 Å². The van der Waals surface area contributed by atoms with Crippen molar-refractivity contribution in [3.05, 3.63) is 40.6 Å². The molecule has 0 amide bonds. The topological polar surface area (TPSA) is 81.0 Å². The molecule has 6 heteroatoms. The van der Waals surface area contributed by atoms with Crippen LogP contribution in [0.2, 0.25) is 0 Å². The molecule has 1 aliphatic rings. The summed E-state index contributed by atoms with van der Waals surface area (Å²) in [5.74, 6) is 2.22. The number of pyridine rings is 1. The summed E-state index contributed by atoms with van der Waals surface area (Å²) in [6.45, 7) is 14.3. The smallest absolute Gasteiger partial charge is 0.222 e. The van der Waals surface area contributed by atoms with Gasteiger partial charge in [-0.3, -0.25) is 9.79 Å². The van der Waals surface area contributed by atoms with Crippen molar-refractivity contribution < 1.29 is 19.4 Å². The molecule has 1 heterocycles. The van der Waals surface area contributed by atoms with Crippen molar-refractivity contribution in [3.63, 3.8) is 0 Å². The number of aliphatic imine (C=N–C) groups is 1. The minimum absolute atomic E-state index is 0.0183. The number of allylic oxidation sites excluding steroid dienone is 3. The van der Waals surface area contributed by atoms with Gasteiger partial charge in [0.25, 0.3) is 0 Å². The minimum Gasteiger partial charge on any atom is -0.496 e. The number of nitrogens with zero attached hydrogens (tertiary/aromatic N) is 2.